The predicted octanol–water partition coefficient (Wildman–Crippen LogP) is 1.64. The molecule has 2 N–H and O–H groups in total. The number of halogens is 2. The molecule has 0 atom stereocenters. The van der Waals surface area contributed by atoms with Crippen LogP contribution in [-0.2, 0) is 11.8 Å². The molecule has 7 nitrogen and oxygen atoms in total. The van der Waals surface area contributed by atoms with Crippen LogP contribution in [0.3, 0.4) is 0 Å². The number of aryl methyl sites for hydroxylation is 2. The number of hydrogen-bond donors (Lipinski definition) is 1. The van der Waals surface area contributed by atoms with Crippen LogP contribution in [0.1, 0.15) is 26.4 Å². The van der Waals surface area contributed by atoms with Gasteiger partial charge in [0, 0.05) is 19.2 Å². The maximum atomic E-state index is 13.8. The van der Waals surface area contributed by atoms with E-state index in [1.165, 1.54) is 25.8 Å². The fourth-order valence-corrected chi connectivity index (χ4v) is 2.14. The van der Waals surface area contributed by atoms with Gasteiger partial charge in [-0.2, -0.15) is 5.10 Å². The van der Waals surface area contributed by atoms with Crippen molar-refractivity contribution in [2.24, 2.45) is 7.05 Å². The average Bonchev–Trinajstić information content (AvgIpc) is 2.76. The molecule has 0 unspecified atom stereocenters. The van der Waals surface area contributed by atoms with Crippen LogP contribution in [0.4, 0.5) is 14.6 Å². The van der Waals surface area contributed by atoms with Gasteiger partial charge < -0.3 is 15.2 Å². The van der Waals surface area contributed by atoms with Gasteiger partial charge in [-0.1, -0.05) is 0 Å². The molecular formula is C15H15F2N3O4. The Morgan fingerprint density at radius 3 is 2.29 bits per heavy atom. The van der Waals surface area contributed by atoms with Crippen molar-refractivity contribution in [3.8, 4) is 5.75 Å². The summed E-state index contributed by atoms with van der Waals surface area (Å²) in [5.74, 6) is -4.15. The standard InChI is InChI=1S/C15H15F2N3O4/c1-7-12(14(18)20(2)19-7)15(22)24-6-11(21)13-9(16)4-8(23-3)5-10(13)17/h4-5H,6,18H2,1-3H3. The van der Waals surface area contributed by atoms with E-state index in [0.717, 1.165) is 12.1 Å². The van der Waals surface area contributed by atoms with Crippen molar-refractivity contribution in [1.29, 1.82) is 0 Å². The summed E-state index contributed by atoms with van der Waals surface area (Å²) in [5, 5.41) is 3.94. The van der Waals surface area contributed by atoms with Crippen LogP contribution in [-0.4, -0.2) is 35.2 Å². The van der Waals surface area contributed by atoms with Crippen LogP contribution in [0.5, 0.6) is 5.75 Å². The lowest BCUT2D eigenvalue weighted by molar-refractivity contribution is 0.0472. The number of benzene rings is 1. The summed E-state index contributed by atoms with van der Waals surface area (Å²) in [6, 6.07) is 1.72. The normalized spacial score (nSPS) is 10.5. The summed E-state index contributed by atoms with van der Waals surface area (Å²) >= 11 is 0. The number of aromatic nitrogens is 2. The molecule has 1 aromatic heterocycles. The van der Waals surface area contributed by atoms with Crippen molar-refractivity contribution in [3.63, 3.8) is 0 Å². The van der Waals surface area contributed by atoms with Gasteiger partial charge >= 0.3 is 5.97 Å². The number of ketones is 1. The molecule has 128 valence electrons. The van der Waals surface area contributed by atoms with Gasteiger partial charge in [0.15, 0.2) is 6.61 Å². The quantitative estimate of drug-likeness (QED) is 0.657. The van der Waals surface area contributed by atoms with Gasteiger partial charge in [-0.25, -0.2) is 13.6 Å². The van der Waals surface area contributed by atoms with Crippen molar-refractivity contribution >= 4 is 17.6 Å². The van der Waals surface area contributed by atoms with Crippen LogP contribution < -0.4 is 10.5 Å². The highest BCUT2D eigenvalue weighted by molar-refractivity contribution is 6.01. The number of nitrogens with zero attached hydrogens (tertiary/aromatic N) is 2. The van der Waals surface area contributed by atoms with Crippen molar-refractivity contribution < 1.29 is 27.8 Å². The van der Waals surface area contributed by atoms with Crippen LogP contribution in [0, 0.1) is 18.6 Å². The number of esters is 1. The maximum absolute atomic E-state index is 13.8. The third-order valence-electron chi connectivity index (χ3n) is 3.34. The van der Waals surface area contributed by atoms with Crippen molar-refractivity contribution in [1.82, 2.24) is 9.78 Å². The fraction of sp³-hybridized carbons (Fsp3) is 0.267. The molecular weight excluding hydrogens is 324 g/mol. The molecule has 2 rings (SSSR count). The van der Waals surface area contributed by atoms with Crippen LogP contribution in [0.25, 0.3) is 0 Å². The number of methoxy groups -OCH3 is 1. The molecule has 0 aliphatic carbocycles. The molecule has 1 heterocycles. The summed E-state index contributed by atoms with van der Waals surface area (Å²) in [4.78, 5) is 23.9. The van der Waals surface area contributed by atoms with Crippen LogP contribution in [0.15, 0.2) is 12.1 Å². The Labute approximate surface area is 136 Å². The molecule has 0 aliphatic heterocycles. The molecule has 24 heavy (non-hydrogen) atoms. The topological polar surface area (TPSA) is 96.4 Å². The van der Waals surface area contributed by atoms with E-state index in [-0.39, 0.29) is 17.1 Å². The Morgan fingerprint density at radius 2 is 1.83 bits per heavy atom. The largest absolute Gasteiger partial charge is 0.497 e. The number of Topliss-reactive ketones (excluding diaryl/α,β-unsaturated/α-hetero) is 1. The third kappa shape index (κ3) is 3.19. The highest BCUT2D eigenvalue weighted by atomic mass is 19.1. The zero-order valence-electron chi connectivity index (χ0n) is 13.2. The minimum Gasteiger partial charge on any atom is -0.497 e. The molecule has 2 aromatic rings. The van der Waals surface area contributed by atoms with Gasteiger partial charge in [0.1, 0.15) is 28.8 Å². The lowest BCUT2D eigenvalue weighted by atomic mass is 10.1. The first-order valence-electron chi connectivity index (χ1n) is 6.78. The average molecular weight is 339 g/mol. The zero-order valence-corrected chi connectivity index (χ0v) is 13.2. The summed E-state index contributed by atoms with van der Waals surface area (Å²) in [6.45, 7) is 0.699. The Balaban J connectivity index is 2.15. The van der Waals surface area contributed by atoms with Crippen molar-refractivity contribution in [2.75, 3.05) is 19.5 Å². The molecule has 0 radical (unpaired) electrons. The molecule has 0 saturated carbocycles. The molecule has 0 amide bonds. The predicted molar refractivity (Wildman–Crippen MR) is 79.9 cm³/mol. The van der Waals surface area contributed by atoms with Crippen LogP contribution in [0.2, 0.25) is 0 Å². The first-order valence-corrected chi connectivity index (χ1v) is 6.78. The van der Waals surface area contributed by atoms with E-state index in [1.54, 1.807) is 0 Å². The first kappa shape index (κ1) is 17.4. The SMILES string of the molecule is COc1cc(F)c(C(=O)COC(=O)c2c(C)nn(C)c2N)c(F)c1. The Bertz CT molecular complexity index is 794. The zero-order chi connectivity index (χ0) is 18.0. The summed E-state index contributed by atoms with van der Waals surface area (Å²) < 4.78 is 38.4. The number of carbonyl (C=O) groups is 2. The second kappa shape index (κ2) is 6.65. The van der Waals surface area contributed by atoms with Crippen molar-refractivity contribution in [2.45, 2.75) is 6.92 Å². The van der Waals surface area contributed by atoms with Gasteiger partial charge in [-0.15, -0.1) is 0 Å². The van der Waals surface area contributed by atoms with Gasteiger partial charge in [-0.3, -0.25) is 9.48 Å². The summed E-state index contributed by atoms with van der Waals surface area (Å²) in [7, 11) is 2.77. The smallest absolute Gasteiger partial charge is 0.344 e. The molecule has 0 aliphatic rings. The third-order valence-corrected chi connectivity index (χ3v) is 3.34. The van der Waals surface area contributed by atoms with E-state index in [0.29, 0.717) is 5.69 Å². The Hall–Kier alpha value is -2.97. The highest BCUT2D eigenvalue weighted by Crippen LogP contribution is 2.21. The summed E-state index contributed by atoms with van der Waals surface area (Å²) in [6.07, 6.45) is 0. The maximum Gasteiger partial charge on any atom is 0.344 e. The van der Waals surface area contributed by atoms with E-state index >= 15 is 0 Å². The van der Waals surface area contributed by atoms with Gasteiger partial charge in [0.2, 0.25) is 5.78 Å². The van der Waals surface area contributed by atoms with E-state index in [2.05, 4.69) is 5.10 Å². The second-order valence-corrected chi connectivity index (χ2v) is 4.93. The lowest BCUT2D eigenvalue weighted by Crippen LogP contribution is -2.18. The number of rotatable bonds is 5. The monoisotopic (exact) mass is 339 g/mol. The van der Waals surface area contributed by atoms with E-state index in [4.69, 9.17) is 15.2 Å². The fourth-order valence-electron chi connectivity index (χ4n) is 2.14. The Kier molecular flexibility index (Phi) is 4.82. The first-order chi connectivity index (χ1) is 11.3. The number of nitrogen functional groups attached to an aromatic ring is 1. The number of ether oxygens (including phenoxy) is 2. The molecule has 0 bridgehead atoms. The van der Waals surface area contributed by atoms with E-state index in [9.17, 15) is 18.4 Å². The molecule has 9 heteroatoms. The number of hydrogen-bond acceptors (Lipinski definition) is 6. The van der Waals surface area contributed by atoms with E-state index in [1.807, 2.05) is 0 Å². The van der Waals surface area contributed by atoms with Gasteiger partial charge in [0.05, 0.1) is 18.4 Å². The van der Waals surface area contributed by atoms with Gasteiger partial charge in [-0.05, 0) is 6.92 Å². The molecule has 0 fully saturated rings. The minimum atomic E-state index is -1.11. The summed E-state index contributed by atoms with van der Waals surface area (Å²) in [5.41, 5.74) is 5.19. The highest BCUT2D eigenvalue weighted by Gasteiger charge is 2.23. The lowest BCUT2D eigenvalue weighted by Gasteiger charge is -2.08. The minimum absolute atomic E-state index is 0.000903. The molecule has 0 spiro atoms. The van der Waals surface area contributed by atoms with Crippen molar-refractivity contribution in [3.05, 3.63) is 40.6 Å². The molecule has 0 saturated heterocycles. The Morgan fingerprint density at radius 1 is 1.25 bits per heavy atom. The van der Waals surface area contributed by atoms with Gasteiger partial charge in [0.25, 0.3) is 0 Å². The van der Waals surface area contributed by atoms with Crippen LogP contribution >= 0.6 is 0 Å². The number of anilines is 1. The number of nitrogens with two attached hydrogens (primary N) is 1. The molecule has 1 aromatic carbocycles. The van der Waals surface area contributed by atoms with E-state index < -0.39 is 35.6 Å². The second-order valence-electron chi connectivity index (χ2n) is 4.93. The number of carbonyl (C=O) groups excluding carboxylic acids is 2.